The minimum atomic E-state index is -0.479. The zero-order valence-electron chi connectivity index (χ0n) is 18.3. The largest absolute Gasteiger partial charge is 0.383 e. The number of halogens is 1. The van der Waals surface area contributed by atoms with Crippen LogP contribution in [0, 0.1) is 5.82 Å². The van der Waals surface area contributed by atoms with Gasteiger partial charge in [-0.15, -0.1) is 0 Å². The average Bonchev–Trinajstić information content (AvgIpc) is 3.17. The normalized spacial score (nSPS) is 11.5. The Hall–Kier alpha value is -3.52. The van der Waals surface area contributed by atoms with E-state index < -0.39 is 11.2 Å². The lowest BCUT2D eigenvalue weighted by Gasteiger charge is -2.13. The van der Waals surface area contributed by atoms with Crippen molar-refractivity contribution in [3.8, 4) is 5.69 Å². The summed E-state index contributed by atoms with van der Waals surface area (Å²) in [7, 11) is 1.51. The van der Waals surface area contributed by atoms with Crippen molar-refractivity contribution in [2.75, 3.05) is 13.7 Å². The number of rotatable bonds is 7. The molecule has 7 nitrogen and oxygen atoms in total. The van der Waals surface area contributed by atoms with Gasteiger partial charge >= 0.3 is 5.69 Å². The quantitative estimate of drug-likeness (QED) is 0.446. The number of hydrogen-bond acceptors (Lipinski definition) is 4. The first kappa shape index (κ1) is 21.7. The Kier molecular flexibility index (Phi) is 6.05. The number of aromatic nitrogens is 4. The van der Waals surface area contributed by atoms with Gasteiger partial charge in [0.15, 0.2) is 11.2 Å². The maximum atomic E-state index is 13.7. The van der Waals surface area contributed by atoms with E-state index in [9.17, 15) is 14.0 Å². The van der Waals surface area contributed by atoms with Gasteiger partial charge in [0.1, 0.15) is 5.82 Å². The zero-order valence-corrected chi connectivity index (χ0v) is 18.3. The SMILES string of the molecule is COCCn1c(=O)c2c(ncn2Cc2cccc(F)c2)n(-c2ccc(C(C)C)cc2)c1=O. The number of ether oxygens (including phenoxy) is 1. The molecule has 0 spiro atoms. The van der Waals surface area contributed by atoms with Crippen molar-refractivity contribution in [3.63, 3.8) is 0 Å². The van der Waals surface area contributed by atoms with Crippen molar-refractivity contribution in [2.24, 2.45) is 0 Å². The molecule has 8 heteroatoms. The average molecular weight is 436 g/mol. The Bertz CT molecular complexity index is 1370. The van der Waals surface area contributed by atoms with E-state index in [1.807, 2.05) is 24.3 Å². The third-order valence-corrected chi connectivity index (χ3v) is 5.48. The summed E-state index contributed by atoms with van der Waals surface area (Å²) >= 11 is 0. The van der Waals surface area contributed by atoms with Crippen LogP contribution in [0.4, 0.5) is 4.39 Å². The minimum Gasteiger partial charge on any atom is -0.383 e. The third-order valence-electron chi connectivity index (χ3n) is 5.48. The molecule has 32 heavy (non-hydrogen) atoms. The van der Waals surface area contributed by atoms with Gasteiger partial charge in [-0.25, -0.2) is 18.7 Å². The van der Waals surface area contributed by atoms with Gasteiger partial charge < -0.3 is 9.30 Å². The number of fused-ring (bicyclic) bond motifs is 1. The molecule has 2 heterocycles. The van der Waals surface area contributed by atoms with Gasteiger partial charge in [0, 0.05) is 13.7 Å². The van der Waals surface area contributed by atoms with Crippen LogP contribution >= 0.6 is 0 Å². The topological polar surface area (TPSA) is 71.1 Å². The second-order valence-corrected chi connectivity index (χ2v) is 7.99. The maximum absolute atomic E-state index is 13.7. The number of nitrogens with zero attached hydrogens (tertiary/aromatic N) is 4. The molecule has 0 radical (unpaired) electrons. The molecule has 0 unspecified atom stereocenters. The lowest BCUT2D eigenvalue weighted by molar-refractivity contribution is 0.184. The van der Waals surface area contributed by atoms with E-state index in [4.69, 9.17) is 4.74 Å². The standard InChI is InChI=1S/C24H25FN4O3/c1-16(2)18-7-9-20(10-8-18)29-22-21(23(30)28(24(29)31)11-12-32-3)27(15-26-22)14-17-5-4-6-19(25)13-17/h4-10,13,15-16H,11-12,14H2,1-3H3. The molecule has 4 rings (SSSR count). The molecule has 2 aromatic heterocycles. The van der Waals surface area contributed by atoms with E-state index in [-0.39, 0.29) is 36.7 Å². The van der Waals surface area contributed by atoms with E-state index in [1.165, 1.54) is 30.1 Å². The fourth-order valence-electron chi connectivity index (χ4n) is 3.75. The Morgan fingerprint density at radius 2 is 1.84 bits per heavy atom. The smallest absolute Gasteiger partial charge is 0.337 e. The summed E-state index contributed by atoms with van der Waals surface area (Å²) in [6, 6.07) is 13.8. The monoisotopic (exact) mass is 436 g/mol. The van der Waals surface area contributed by atoms with E-state index in [1.54, 1.807) is 16.7 Å². The Balaban J connectivity index is 1.93. The highest BCUT2D eigenvalue weighted by Crippen LogP contribution is 2.19. The summed E-state index contributed by atoms with van der Waals surface area (Å²) in [5.41, 5.74) is 2.05. The summed E-state index contributed by atoms with van der Waals surface area (Å²) in [6.45, 7) is 4.76. The molecule has 0 saturated heterocycles. The van der Waals surface area contributed by atoms with Crippen LogP contribution < -0.4 is 11.2 Å². The van der Waals surface area contributed by atoms with Gasteiger partial charge in [0.25, 0.3) is 5.56 Å². The van der Waals surface area contributed by atoms with Crippen LogP contribution in [-0.2, 0) is 17.8 Å². The van der Waals surface area contributed by atoms with Crippen LogP contribution in [0.15, 0.2) is 64.4 Å². The van der Waals surface area contributed by atoms with Gasteiger partial charge in [-0.05, 0) is 41.3 Å². The predicted molar refractivity (Wildman–Crippen MR) is 121 cm³/mol. The first-order chi connectivity index (χ1) is 15.4. The lowest BCUT2D eigenvalue weighted by atomic mass is 10.0. The van der Waals surface area contributed by atoms with Crippen molar-refractivity contribution < 1.29 is 9.13 Å². The number of benzene rings is 2. The lowest BCUT2D eigenvalue weighted by Crippen LogP contribution is -2.41. The second kappa shape index (κ2) is 8.92. The molecule has 0 bridgehead atoms. The van der Waals surface area contributed by atoms with E-state index in [2.05, 4.69) is 18.8 Å². The Morgan fingerprint density at radius 3 is 2.50 bits per heavy atom. The van der Waals surface area contributed by atoms with Gasteiger partial charge in [-0.1, -0.05) is 38.1 Å². The van der Waals surface area contributed by atoms with Gasteiger partial charge in [-0.3, -0.25) is 9.36 Å². The maximum Gasteiger partial charge on any atom is 0.337 e. The van der Waals surface area contributed by atoms with Crippen LogP contribution in [0.1, 0.15) is 30.9 Å². The van der Waals surface area contributed by atoms with Gasteiger partial charge in [0.2, 0.25) is 0 Å². The van der Waals surface area contributed by atoms with E-state index in [0.717, 1.165) is 10.1 Å². The molecule has 166 valence electrons. The first-order valence-electron chi connectivity index (χ1n) is 10.4. The van der Waals surface area contributed by atoms with Gasteiger partial charge in [0.05, 0.1) is 25.2 Å². The molecule has 0 atom stereocenters. The van der Waals surface area contributed by atoms with Crippen LogP contribution in [-0.4, -0.2) is 32.4 Å². The fraction of sp³-hybridized carbons (Fsp3) is 0.292. The molecule has 0 aliphatic carbocycles. The summed E-state index contributed by atoms with van der Waals surface area (Å²) in [4.78, 5) is 31.0. The molecule has 0 fully saturated rings. The third kappa shape index (κ3) is 4.01. The number of methoxy groups -OCH3 is 1. The van der Waals surface area contributed by atoms with Crippen molar-refractivity contribution >= 4 is 11.2 Å². The van der Waals surface area contributed by atoms with E-state index in [0.29, 0.717) is 17.2 Å². The first-order valence-corrected chi connectivity index (χ1v) is 10.4. The van der Waals surface area contributed by atoms with Crippen molar-refractivity contribution in [2.45, 2.75) is 32.9 Å². The Morgan fingerprint density at radius 1 is 1.09 bits per heavy atom. The van der Waals surface area contributed by atoms with Crippen LogP contribution in [0.2, 0.25) is 0 Å². The van der Waals surface area contributed by atoms with Gasteiger partial charge in [-0.2, -0.15) is 0 Å². The molecule has 0 aliphatic rings. The summed E-state index contributed by atoms with van der Waals surface area (Å²) in [6.07, 6.45) is 1.51. The highest BCUT2D eigenvalue weighted by atomic mass is 19.1. The molecule has 2 aromatic carbocycles. The van der Waals surface area contributed by atoms with Crippen molar-refractivity contribution in [1.82, 2.24) is 18.7 Å². The highest BCUT2D eigenvalue weighted by Gasteiger charge is 2.19. The Labute approximate surface area is 184 Å². The molecule has 0 N–H and O–H groups in total. The van der Waals surface area contributed by atoms with E-state index >= 15 is 0 Å². The molecule has 0 saturated carbocycles. The molecule has 4 aromatic rings. The fourth-order valence-corrected chi connectivity index (χ4v) is 3.75. The summed E-state index contributed by atoms with van der Waals surface area (Å²) in [5.74, 6) is -0.00602. The highest BCUT2D eigenvalue weighted by molar-refractivity contribution is 5.72. The van der Waals surface area contributed by atoms with Crippen LogP contribution in [0.5, 0.6) is 0 Å². The number of imidazole rings is 1. The van der Waals surface area contributed by atoms with Crippen LogP contribution in [0.3, 0.4) is 0 Å². The summed E-state index contributed by atoms with van der Waals surface area (Å²) < 4.78 is 23.0. The zero-order chi connectivity index (χ0) is 22.8. The summed E-state index contributed by atoms with van der Waals surface area (Å²) in [5, 5.41) is 0. The molecular formula is C24H25FN4O3. The molecule has 0 amide bonds. The molecule has 0 aliphatic heterocycles. The predicted octanol–water partition coefficient (Wildman–Crippen LogP) is 3.31. The minimum absolute atomic E-state index is 0.110. The number of hydrogen-bond donors (Lipinski definition) is 0. The van der Waals surface area contributed by atoms with Crippen molar-refractivity contribution in [3.05, 3.63) is 92.6 Å². The molecular weight excluding hydrogens is 411 g/mol. The van der Waals surface area contributed by atoms with Crippen LogP contribution in [0.25, 0.3) is 16.9 Å². The second-order valence-electron chi connectivity index (χ2n) is 7.99. The van der Waals surface area contributed by atoms with Crippen molar-refractivity contribution in [1.29, 1.82) is 0 Å².